The minimum atomic E-state index is -0.833. The maximum absolute atomic E-state index is 12.3. The average molecular weight is 488 g/mol. The molecule has 2 aliphatic rings. The highest BCUT2D eigenvalue weighted by Crippen LogP contribution is 2.38. The smallest absolute Gasteiger partial charge is 0.414 e. The van der Waals surface area contributed by atoms with E-state index < -0.39 is 12.1 Å². The normalized spacial score (nSPS) is 18.0. The lowest BCUT2D eigenvalue weighted by Gasteiger charge is -2.15. The van der Waals surface area contributed by atoms with Gasteiger partial charge in [0.25, 0.3) is 5.97 Å². The van der Waals surface area contributed by atoms with Gasteiger partial charge >= 0.3 is 6.09 Å². The summed E-state index contributed by atoms with van der Waals surface area (Å²) < 4.78 is 11.4. The first kappa shape index (κ1) is 24.8. The van der Waals surface area contributed by atoms with Crippen LogP contribution in [0.3, 0.4) is 0 Å². The van der Waals surface area contributed by atoms with Crippen molar-refractivity contribution in [2.45, 2.75) is 31.8 Å². The lowest BCUT2D eigenvalue weighted by Crippen LogP contribution is -2.27. The predicted octanol–water partition coefficient (Wildman–Crippen LogP) is 4.54. The maximum Gasteiger partial charge on any atom is 0.414 e. The first-order valence-corrected chi connectivity index (χ1v) is 11.7. The van der Waals surface area contributed by atoms with Gasteiger partial charge in [-0.3, -0.25) is 15.1 Å². The molecule has 1 fully saturated rings. The summed E-state index contributed by atoms with van der Waals surface area (Å²) >= 11 is 0. The van der Waals surface area contributed by atoms with Gasteiger partial charge in [-0.1, -0.05) is 48.5 Å². The van der Waals surface area contributed by atoms with Crippen LogP contribution in [0.4, 0.5) is 10.5 Å². The summed E-state index contributed by atoms with van der Waals surface area (Å²) in [5.41, 5.74) is 11.0. The predicted molar refractivity (Wildman–Crippen MR) is 137 cm³/mol. The molecule has 186 valence electrons. The Kier molecular flexibility index (Phi) is 7.53. The number of anilines is 1. The number of ether oxygens (including phenoxy) is 2. The topological polar surface area (TPSA) is 126 Å². The monoisotopic (exact) mass is 487 g/mol. The Bertz CT molecular complexity index is 1250. The van der Waals surface area contributed by atoms with E-state index in [2.05, 4.69) is 36.4 Å². The van der Waals surface area contributed by atoms with Crippen molar-refractivity contribution in [1.29, 1.82) is 5.41 Å². The zero-order chi connectivity index (χ0) is 25.7. The Balaban J connectivity index is 0.000000709. The number of amidine groups is 1. The largest absolute Gasteiger partial charge is 0.490 e. The number of cyclic esters (lactones) is 1. The molecule has 8 nitrogen and oxygen atoms in total. The number of hydrogen-bond acceptors (Lipinski definition) is 5. The van der Waals surface area contributed by atoms with Crippen molar-refractivity contribution in [3.63, 3.8) is 0 Å². The quantitative estimate of drug-likeness (QED) is 0.346. The van der Waals surface area contributed by atoms with E-state index >= 15 is 0 Å². The van der Waals surface area contributed by atoms with Crippen molar-refractivity contribution in [2.75, 3.05) is 18.1 Å². The van der Waals surface area contributed by atoms with Gasteiger partial charge in [-0.15, -0.1) is 0 Å². The summed E-state index contributed by atoms with van der Waals surface area (Å²) in [6.45, 7) is 1.75. The van der Waals surface area contributed by atoms with E-state index in [1.54, 1.807) is 29.2 Å². The Morgan fingerprint density at radius 3 is 2.58 bits per heavy atom. The number of carboxylic acid groups (broad SMARTS) is 1. The van der Waals surface area contributed by atoms with Crippen LogP contribution in [-0.2, 0) is 16.0 Å². The van der Waals surface area contributed by atoms with Gasteiger partial charge in [0.2, 0.25) is 0 Å². The van der Waals surface area contributed by atoms with Crippen LogP contribution in [0.5, 0.6) is 5.75 Å². The van der Waals surface area contributed by atoms with Gasteiger partial charge < -0.3 is 20.3 Å². The summed E-state index contributed by atoms with van der Waals surface area (Å²) in [4.78, 5) is 22.9. The number of carbonyl (C=O) groups excluding carboxylic acids is 1. The number of carbonyl (C=O) groups is 2. The van der Waals surface area contributed by atoms with Crippen molar-refractivity contribution in [1.82, 2.24) is 0 Å². The zero-order valence-electron chi connectivity index (χ0n) is 20.0. The van der Waals surface area contributed by atoms with E-state index in [1.165, 1.54) is 16.7 Å². The molecule has 4 N–H and O–H groups in total. The molecule has 1 aliphatic heterocycles. The molecule has 0 spiro atoms. The van der Waals surface area contributed by atoms with Crippen LogP contribution in [-0.4, -0.2) is 42.3 Å². The van der Waals surface area contributed by atoms with Gasteiger partial charge in [-0.2, -0.15) is 0 Å². The van der Waals surface area contributed by atoms with Crippen molar-refractivity contribution >= 4 is 23.6 Å². The number of hydrogen-bond donors (Lipinski definition) is 3. The van der Waals surface area contributed by atoms with Crippen molar-refractivity contribution in [3.8, 4) is 5.75 Å². The highest BCUT2D eigenvalue weighted by atomic mass is 16.6. The van der Waals surface area contributed by atoms with Crippen LogP contribution in [0.1, 0.15) is 41.5 Å². The lowest BCUT2D eigenvalue weighted by molar-refractivity contribution is -0.134. The van der Waals surface area contributed by atoms with E-state index in [-0.39, 0.29) is 18.5 Å². The number of nitrogens with one attached hydrogen (secondary N) is 1. The van der Waals surface area contributed by atoms with E-state index in [0.29, 0.717) is 23.7 Å². The molecule has 0 saturated carbocycles. The SMILES string of the molecule is CC(=O)O.N=C(N)c1cccc(N2CC(COc3ccc(C4CCc5ccccc54)cc3)OC2=O)c1. The maximum atomic E-state index is 12.3. The third kappa shape index (κ3) is 5.83. The summed E-state index contributed by atoms with van der Waals surface area (Å²) in [5.74, 6) is 0.326. The van der Waals surface area contributed by atoms with Crippen LogP contribution in [0.15, 0.2) is 72.8 Å². The number of aryl methyl sites for hydroxylation is 1. The lowest BCUT2D eigenvalue weighted by atomic mass is 9.93. The van der Waals surface area contributed by atoms with Gasteiger partial charge in [0.05, 0.1) is 6.54 Å². The van der Waals surface area contributed by atoms with Gasteiger partial charge in [0.15, 0.2) is 6.10 Å². The number of carboxylic acids is 1. The van der Waals surface area contributed by atoms with Gasteiger partial charge in [-0.05, 0) is 53.8 Å². The number of fused-ring (bicyclic) bond motifs is 1. The molecule has 1 aliphatic carbocycles. The van der Waals surface area contributed by atoms with Gasteiger partial charge in [0, 0.05) is 24.1 Å². The first-order valence-electron chi connectivity index (χ1n) is 11.7. The Hall–Kier alpha value is -4.33. The van der Waals surface area contributed by atoms with Crippen molar-refractivity contribution < 1.29 is 24.2 Å². The minimum Gasteiger partial charge on any atom is -0.490 e. The zero-order valence-corrected chi connectivity index (χ0v) is 20.0. The number of rotatable bonds is 6. The van der Waals surface area contributed by atoms with E-state index in [4.69, 9.17) is 30.5 Å². The summed E-state index contributed by atoms with van der Waals surface area (Å²) in [6.07, 6.45) is 1.47. The van der Waals surface area contributed by atoms with Crippen molar-refractivity contribution in [3.05, 3.63) is 95.1 Å². The molecule has 1 heterocycles. The fourth-order valence-corrected chi connectivity index (χ4v) is 4.55. The second-order valence-electron chi connectivity index (χ2n) is 8.77. The fourth-order valence-electron chi connectivity index (χ4n) is 4.55. The van der Waals surface area contributed by atoms with Crippen molar-refractivity contribution in [2.24, 2.45) is 5.73 Å². The average Bonchev–Trinajstić information content (AvgIpc) is 3.46. The molecular weight excluding hydrogens is 458 g/mol. The van der Waals surface area contributed by atoms with E-state index in [1.807, 2.05) is 12.1 Å². The van der Waals surface area contributed by atoms with E-state index in [0.717, 1.165) is 25.5 Å². The standard InChI is InChI=1S/C26H25N3O3.C2H4O2/c27-25(28)19-5-3-6-20(14-19)29-15-22(32-26(29)30)16-31-21-11-8-18(9-12-21)24-13-10-17-4-1-2-7-23(17)24;1-2(3)4/h1-9,11-12,14,22,24H,10,13,15-16H2,(H3,27,28);1H3,(H,3,4). The molecule has 1 amide bonds. The molecule has 8 heteroatoms. The Morgan fingerprint density at radius 1 is 1.14 bits per heavy atom. The van der Waals surface area contributed by atoms with Gasteiger partial charge in [-0.25, -0.2) is 4.79 Å². The molecule has 3 aromatic rings. The molecule has 3 aromatic carbocycles. The first-order chi connectivity index (χ1) is 17.3. The molecule has 0 bridgehead atoms. The molecule has 2 unspecified atom stereocenters. The number of nitrogens with zero attached hydrogens (tertiary/aromatic N) is 1. The fraction of sp³-hybridized carbons (Fsp3) is 0.250. The summed E-state index contributed by atoms with van der Waals surface area (Å²) in [7, 11) is 0. The number of nitrogens with two attached hydrogens (primary N) is 1. The summed E-state index contributed by atoms with van der Waals surface area (Å²) in [5, 5.41) is 15.0. The van der Waals surface area contributed by atoms with Crippen LogP contribution >= 0.6 is 0 Å². The Labute approximate surface area is 209 Å². The van der Waals surface area contributed by atoms with Crippen LogP contribution in [0, 0.1) is 5.41 Å². The molecule has 1 saturated heterocycles. The molecule has 5 rings (SSSR count). The minimum absolute atomic E-state index is 0.0381. The highest BCUT2D eigenvalue weighted by Gasteiger charge is 2.33. The number of aliphatic carboxylic acids is 1. The van der Waals surface area contributed by atoms with Crippen LogP contribution in [0.25, 0.3) is 0 Å². The highest BCUT2D eigenvalue weighted by molar-refractivity contribution is 5.97. The second kappa shape index (κ2) is 10.9. The molecular formula is C28H29N3O5. The second-order valence-corrected chi connectivity index (χ2v) is 8.77. The van der Waals surface area contributed by atoms with Crippen LogP contribution in [0.2, 0.25) is 0 Å². The van der Waals surface area contributed by atoms with Crippen LogP contribution < -0.4 is 15.4 Å². The number of nitrogen functional groups attached to an aromatic ring is 1. The third-order valence-electron chi connectivity index (χ3n) is 6.19. The number of benzene rings is 3. The molecule has 2 atom stereocenters. The molecule has 0 radical (unpaired) electrons. The number of amides is 1. The molecule has 0 aromatic heterocycles. The van der Waals surface area contributed by atoms with Gasteiger partial charge in [0.1, 0.15) is 18.2 Å². The third-order valence-corrected chi connectivity index (χ3v) is 6.19. The Morgan fingerprint density at radius 2 is 1.86 bits per heavy atom. The summed E-state index contributed by atoms with van der Waals surface area (Å²) in [6, 6.07) is 23.9. The molecule has 36 heavy (non-hydrogen) atoms. The van der Waals surface area contributed by atoms with E-state index in [9.17, 15) is 4.79 Å².